The molecule has 2 aromatic rings. The number of esters is 1. The van der Waals surface area contributed by atoms with Crippen molar-refractivity contribution >= 4 is 29.4 Å². The Kier molecular flexibility index (Phi) is 10.3. The number of ether oxygens (including phenoxy) is 1. The van der Waals surface area contributed by atoms with E-state index in [0.717, 1.165) is 35.3 Å². The number of carbonyl (C=O) groups excluding carboxylic acids is 3. The third-order valence-electron chi connectivity index (χ3n) is 12.0. The predicted octanol–water partition coefficient (Wildman–Crippen LogP) is 5.58. The number of carbonyl (C=O) groups is 3. The molecule has 0 aromatic heterocycles. The highest BCUT2D eigenvalue weighted by atomic mass is 32.2. The van der Waals surface area contributed by atoms with Crippen molar-refractivity contribution in [3.05, 3.63) is 72.3 Å². The molecule has 2 bridgehead atoms. The van der Waals surface area contributed by atoms with Crippen molar-refractivity contribution in [3.8, 4) is 5.75 Å². The summed E-state index contributed by atoms with van der Waals surface area (Å²) >= 11 is 1.36. The van der Waals surface area contributed by atoms with E-state index in [1.165, 1.54) is 11.8 Å². The number of thioether (sulfide) groups is 1. The van der Waals surface area contributed by atoms with E-state index in [2.05, 4.69) is 32.7 Å². The van der Waals surface area contributed by atoms with Crippen LogP contribution in [-0.4, -0.2) is 51.9 Å². The molecule has 0 aliphatic heterocycles. The molecule has 254 valence electrons. The van der Waals surface area contributed by atoms with Gasteiger partial charge in [-0.15, -0.1) is 18.3 Å². The molecule has 3 saturated carbocycles. The van der Waals surface area contributed by atoms with E-state index in [0.29, 0.717) is 19.3 Å². The highest BCUT2D eigenvalue weighted by molar-refractivity contribution is 8.00. The van der Waals surface area contributed by atoms with Gasteiger partial charge < -0.3 is 26.0 Å². The van der Waals surface area contributed by atoms with Crippen molar-refractivity contribution in [2.45, 2.75) is 95.9 Å². The molecule has 3 aliphatic carbocycles. The zero-order chi connectivity index (χ0) is 34.1. The van der Waals surface area contributed by atoms with Crippen LogP contribution in [0.3, 0.4) is 0 Å². The number of phenols is 1. The smallest absolute Gasteiger partial charge is 0.316 e. The van der Waals surface area contributed by atoms with E-state index in [4.69, 9.17) is 10.5 Å². The third kappa shape index (κ3) is 6.76. The van der Waals surface area contributed by atoms with Gasteiger partial charge >= 0.3 is 5.97 Å². The average molecular weight is 663 g/mol. The van der Waals surface area contributed by atoms with Gasteiger partial charge in [0, 0.05) is 34.6 Å². The van der Waals surface area contributed by atoms with E-state index in [1.54, 1.807) is 24.3 Å². The van der Waals surface area contributed by atoms with Crippen LogP contribution in [0.4, 0.5) is 0 Å². The minimum atomic E-state index is -0.731. The highest BCUT2D eigenvalue weighted by Gasteiger charge is 2.68. The molecular weight excluding hydrogens is 612 g/mol. The SMILES string of the molecule is C=C[C@]1(C)C[C@@H](OC(=O)CSc2cccc(CNC(=O)[C@H](N)Cc3ccc(O)cc3)c2)[C@]2(C)C(C)CCC3(CCC(=O)C32)[C@@H](C)[C@@H]1O. The second-order valence-corrected chi connectivity index (χ2v) is 15.7. The maximum atomic E-state index is 13.6. The van der Waals surface area contributed by atoms with Gasteiger partial charge in [0.05, 0.1) is 17.9 Å². The summed E-state index contributed by atoms with van der Waals surface area (Å²) in [5.41, 5.74) is 6.31. The number of nitrogens with two attached hydrogens (primary N) is 1. The largest absolute Gasteiger partial charge is 0.508 e. The van der Waals surface area contributed by atoms with Crippen molar-refractivity contribution < 1.29 is 29.3 Å². The first-order valence-corrected chi connectivity index (χ1v) is 17.8. The summed E-state index contributed by atoms with van der Waals surface area (Å²) in [4.78, 5) is 40.7. The topological polar surface area (TPSA) is 139 Å². The number of Topliss-reactive ketones (excluding diaryl/α,β-unsaturated/α-hetero) is 1. The van der Waals surface area contributed by atoms with E-state index in [9.17, 15) is 24.6 Å². The number of aliphatic hydroxyl groups excluding tert-OH is 1. The van der Waals surface area contributed by atoms with E-state index < -0.39 is 29.1 Å². The summed E-state index contributed by atoms with van der Waals surface area (Å²) in [6.07, 6.45) is 4.41. The molecule has 5 rings (SSSR count). The van der Waals surface area contributed by atoms with Crippen LogP contribution >= 0.6 is 11.8 Å². The van der Waals surface area contributed by atoms with Gasteiger partial charge in [-0.3, -0.25) is 14.4 Å². The van der Waals surface area contributed by atoms with Gasteiger partial charge in [-0.2, -0.15) is 0 Å². The quantitative estimate of drug-likeness (QED) is 0.147. The first-order chi connectivity index (χ1) is 22.2. The Morgan fingerprint density at radius 3 is 2.57 bits per heavy atom. The van der Waals surface area contributed by atoms with E-state index in [-0.39, 0.29) is 58.9 Å². The molecule has 3 unspecified atom stereocenters. The van der Waals surface area contributed by atoms with Crippen LogP contribution in [0.5, 0.6) is 5.75 Å². The highest BCUT2D eigenvalue weighted by Crippen LogP contribution is 2.68. The van der Waals surface area contributed by atoms with Crippen LogP contribution in [0.25, 0.3) is 0 Å². The number of phenolic OH excluding ortho intramolecular Hbond substituents is 1. The first kappa shape index (κ1) is 35.2. The van der Waals surface area contributed by atoms with Crippen molar-refractivity contribution in [1.82, 2.24) is 5.32 Å². The molecule has 5 N–H and O–H groups in total. The minimum Gasteiger partial charge on any atom is -0.508 e. The lowest BCUT2D eigenvalue weighted by Gasteiger charge is -2.61. The number of benzene rings is 2. The lowest BCUT2D eigenvalue weighted by molar-refractivity contribution is -0.205. The zero-order valence-electron chi connectivity index (χ0n) is 28.0. The van der Waals surface area contributed by atoms with Gasteiger partial charge in [-0.1, -0.05) is 58.0 Å². The van der Waals surface area contributed by atoms with Crippen LogP contribution in [0.1, 0.15) is 70.9 Å². The van der Waals surface area contributed by atoms with Crippen molar-refractivity contribution in [1.29, 1.82) is 0 Å². The molecule has 2 aromatic carbocycles. The lowest BCUT2D eigenvalue weighted by atomic mass is 9.44. The van der Waals surface area contributed by atoms with Crippen LogP contribution < -0.4 is 11.1 Å². The molecule has 0 radical (unpaired) electrons. The number of aliphatic hydroxyl groups is 1. The molecule has 1 amide bonds. The summed E-state index contributed by atoms with van der Waals surface area (Å²) in [6.45, 7) is 12.8. The van der Waals surface area contributed by atoms with Gasteiger partial charge in [0.2, 0.25) is 5.91 Å². The lowest BCUT2D eigenvalue weighted by Crippen LogP contribution is -2.63. The van der Waals surface area contributed by atoms with Crippen LogP contribution in [0.15, 0.2) is 66.1 Å². The van der Waals surface area contributed by atoms with Gasteiger partial charge in [-0.25, -0.2) is 0 Å². The molecule has 9 heteroatoms. The third-order valence-corrected chi connectivity index (χ3v) is 13.0. The fourth-order valence-corrected chi connectivity index (χ4v) is 9.64. The second-order valence-electron chi connectivity index (χ2n) is 14.7. The Morgan fingerprint density at radius 1 is 1.15 bits per heavy atom. The zero-order valence-corrected chi connectivity index (χ0v) is 28.9. The Hall–Kier alpha value is -3.14. The molecule has 0 heterocycles. The Balaban J connectivity index is 1.24. The van der Waals surface area contributed by atoms with Gasteiger partial charge in [-0.05, 0) is 84.7 Å². The number of hydrogen-bond acceptors (Lipinski definition) is 8. The summed E-state index contributed by atoms with van der Waals surface area (Å²) in [7, 11) is 0. The van der Waals surface area contributed by atoms with Crippen molar-refractivity contribution in [2.24, 2.45) is 39.7 Å². The fraction of sp³-hybridized carbons (Fsp3) is 0.553. The van der Waals surface area contributed by atoms with Crippen molar-refractivity contribution in [3.63, 3.8) is 0 Å². The number of amides is 1. The molecule has 3 fully saturated rings. The van der Waals surface area contributed by atoms with Gasteiger partial charge in [0.15, 0.2) is 0 Å². The molecule has 8 nitrogen and oxygen atoms in total. The normalized spacial score (nSPS) is 34.0. The van der Waals surface area contributed by atoms with Crippen LogP contribution in [-0.2, 0) is 32.1 Å². The Labute approximate surface area is 282 Å². The minimum absolute atomic E-state index is 0.0759. The summed E-state index contributed by atoms with van der Waals surface area (Å²) < 4.78 is 6.38. The maximum absolute atomic E-state index is 13.6. The van der Waals surface area contributed by atoms with Gasteiger partial charge in [0.25, 0.3) is 0 Å². The van der Waals surface area contributed by atoms with E-state index in [1.807, 2.05) is 37.3 Å². The van der Waals surface area contributed by atoms with Crippen LogP contribution in [0.2, 0.25) is 0 Å². The Bertz CT molecular complexity index is 1500. The molecule has 0 spiro atoms. The number of rotatable bonds is 10. The molecule has 0 saturated heterocycles. The van der Waals surface area contributed by atoms with Crippen LogP contribution in [0, 0.1) is 34.0 Å². The van der Waals surface area contributed by atoms with Gasteiger partial charge in [0.1, 0.15) is 17.6 Å². The number of aromatic hydroxyl groups is 1. The maximum Gasteiger partial charge on any atom is 0.316 e. The standard InChI is InChI=1S/C38H50N2O6S/c1-6-36(4)20-31(37(5)23(2)14-16-38(24(3)34(36)44)17-15-30(42)33(37)38)46-32(43)22-47-28-9-7-8-26(18-28)21-40-35(45)29(39)19-25-10-12-27(41)13-11-25/h6-13,18,23-24,29,31,33-34,41,44H,1,14-17,19-22,39H2,2-5H3,(H,40,45)/t23?,24-,29+,31+,33?,34-,36+,37-,38?/m0/s1. The fourth-order valence-electron chi connectivity index (χ4n) is 8.88. The number of ketones is 1. The number of nitrogens with one attached hydrogen (secondary N) is 1. The molecular formula is C38H50N2O6S. The summed E-state index contributed by atoms with van der Waals surface area (Å²) in [6, 6.07) is 13.5. The Morgan fingerprint density at radius 2 is 1.87 bits per heavy atom. The first-order valence-electron chi connectivity index (χ1n) is 16.8. The van der Waals surface area contributed by atoms with E-state index >= 15 is 0 Å². The average Bonchev–Trinajstić information content (AvgIpc) is 3.42. The summed E-state index contributed by atoms with van der Waals surface area (Å²) in [5, 5.41) is 24.1. The number of hydrogen-bond donors (Lipinski definition) is 4. The second kappa shape index (κ2) is 13.8. The molecule has 3 aliphatic rings. The molecule has 47 heavy (non-hydrogen) atoms. The van der Waals surface area contributed by atoms with Crippen molar-refractivity contribution in [2.75, 3.05) is 5.75 Å². The molecule has 9 atom stereocenters. The summed E-state index contributed by atoms with van der Waals surface area (Å²) in [5.74, 6) is -0.317. The predicted molar refractivity (Wildman–Crippen MR) is 183 cm³/mol. The monoisotopic (exact) mass is 662 g/mol.